The quantitative estimate of drug-likeness (QED) is 0.525. The van der Waals surface area contributed by atoms with Crippen LogP contribution in [0.4, 0.5) is 0 Å². The number of nitrogens with one attached hydrogen (secondary N) is 2. The first-order chi connectivity index (χ1) is 6.38. The molecule has 78 valence electrons. The minimum atomic E-state index is 0.505. The van der Waals surface area contributed by atoms with Gasteiger partial charge in [-0.15, -0.1) is 0 Å². The first-order valence-electron chi connectivity index (χ1n) is 5.26. The number of hydrogen-bond donors (Lipinski definition) is 3. The van der Waals surface area contributed by atoms with Crippen molar-refractivity contribution in [2.24, 2.45) is 5.73 Å². The lowest BCUT2D eigenvalue weighted by Crippen LogP contribution is -2.57. The molecule has 0 aromatic heterocycles. The SMILES string of the molecule is CCN(CCCN)C1CNCCN1. The van der Waals surface area contributed by atoms with Crippen LogP contribution in [-0.2, 0) is 0 Å². The van der Waals surface area contributed by atoms with Gasteiger partial charge in [0, 0.05) is 26.2 Å². The van der Waals surface area contributed by atoms with E-state index >= 15 is 0 Å². The van der Waals surface area contributed by atoms with Gasteiger partial charge in [0.05, 0.1) is 6.17 Å². The van der Waals surface area contributed by atoms with E-state index in [1.165, 1.54) is 0 Å². The fourth-order valence-corrected chi connectivity index (χ4v) is 1.73. The zero-order chi connectivity index (χ0) is 9.52. The van der Waals surface area contributed by atoms with Crippen molar-refractivity contribution in [2.45, 2.75) is 19.5 Å². The molecule has 1 aliphatic heterocycles. The average molecular weight is 186 g/mol. The lowest BCUT2D eigenvalue weighted by Gasteiger charge is -2.34. The first-order valence-corrected chi connectivity index (χ1v) is 5.26. The van der Waals surface area contributed by atoms with Gasteiger partial charge in [0.25, 0.3) is 0 Å². The molecule has 1 unspecified atom stereocenters. The second kappa shape index (κ2) is 6.32. The van der Waals surface area contributed by atoms with Crippen molar-refractivity contribution >= 4 is 0 Å². The van der Waals surface area contributed by atoms with Gasteiger partial charge in [-0.3, -0.25) is 10.2 Å². The Morgan fingerprint density at radius 3 is 2.85 bits per heavy atom. The van der Waals surface area contributed by atoms with Gasteiger partial charge in [-0.25, -0.2) is 0 Å². The summed E-state index contributed by atoms with van der Waals surface area (Å²) in [6, 6.07) is 0. The molecule has 0 aromatic carbocycles. The number of piperazine rings is 1. The Labute approximate surface area is 80.9 Å². The fourth-order valence-electron chi connectivity index (χ4n) is 1.73. The summed E-state index contributed by atoms with van der Waals surface area (Å²) in [5.74, 6) is 0. The van der Waals surface area contributed by atoms with Crippen molar-refractivity contribution in [3.63, 3.8) is 0 Å². The second-order valence-corrected chi connectivity index (χ2v) is 3.44. The van der Waals surface area contributed by atoms with E-state index in [2.05, 4.69) is 22.5 Å². The van der Waals surface area contributed by atoms with Crippen LogP contribution in [0.25, 0.3) is 0 Å². The normalized spacial score (nSPS) is 23.8. The summed E-state index contributed by atoms with van der Waals surface area (Å²) in [5, 5.41) is 6.89. The summed E-state index contributed by atoms with van der Waals surface area (Å²) in [6.45, 7) is 8.41. The highest BCUT2D eigenvalue weighted by atomic mass is 15.3. The van der Waals surface area contributed by atoms with Gasteiger partial charge < -0.3 is 11.1 Å². The lowest BCUT2D eigenvalue weighted by atomic mass is 10.3. The fraction of sp³-hybridized carbons (Fsp3) is 1.00. The third-order valence-corrected chi connectivity index (χ3v) is 2.52. The third-order valence-electron chi connectivity index (χ3n) is 2.52. The van der Waals surface area contributed by atoms with Crippen molar-refractivity contribution in [3.8, 4) is 0 Å². The van der Waals surface area contributed by atoms with Crippen molar-refractivity contribution in [3.05, 3.63) is 0 Å². The molecule has 13 heavy (non-hydrogen) atoms. The smallest absolute Gasteiger partial charge is 0.0726 e. The average Bonchev–Trinajstić information content (AvgIpc) is 2.21. The Morgan fingerprint density at radius 1 is 1.46 bits per heavy atom. The van der Waals surface area contributed by atoms with E-state index in [9.17, 15) is 0 Å². The molecule has 1 fully saturated rings. The predicted molar refractivity (Wildman–Crippen MR) is 55.6 cm³/mol. The molecule has 0 aliphatic carbocycles. The van der Waals surface area contributed by atoms with Crippen LogP contribution in [0, 0.1) is 0 Å². The van der Waals surface area contributed by atoms with Crippen LogP contribution in [0.5, 0.6) is 0 Å². The van der Waals surface area contributed by atoms with Crippen molar-refractivity contribution in [1.82, 2.24) is 15.5 Å². The van der Waals surface area contributed by atoms with Gasteiger partial charge in [0.15, 0.2) is 0 Å². The summed E-state index contributed by atoms with van der Waals surface area (Å²) in [7, 11) is 0. The zero-order valence-corrected chi connectivity index (χ0v) is 8.55. The van der Waals surface area contributed by atoms with E-state index in [0.29, 0.717) is 6.17 Å². The molecule has 1 rings (SSSR count). The Bertz CT molecular complexity index is 123. The second-order valence-electron chi connectivity index (χ2n) is 3.44. The molecule has 1 aliphatic rings. The molecule has 1 atom stereocenters. The highest BCUT2D eigenvalue weighted by Crippen LogP contribution is 1.98. The topological polar surface area (TPSA) is 53.3 Å². The van der Waals surface area contributed by atoms with Gasteiger partial charge in [-0.1, -0.05) is 6.92 Å². The molecule has 0 radical (unpaired) electrons. The largest absolute Gasteiger partial charge is 0.330 e. The van der Waals surface area contributed by atoms with Crippen LogP contribution in [-0.4, -0.2) is 50.3 Å². The number of rotatable bonds is 5. The Kier molecular flexibility index (Phi) is 5.31. The standard InChI is InChI=1S/C9H22N4/c1-2-13(7-3-4-10)9-8-11-5-6-12-9/h9,11-12H,2-8,10H2,1H3. The van der Waals surface area contributed by atoms with Crippen LogP contribution < -0.4 is 16.4 Å². The molecule has 0 amide bonds. The van der Waals surface area contributed by atoms with Crippen molar-refractivity contribution in [1.29, 1.82) is 0 Å². The number of nitrogens with zero attached hydrogens (tertiary/aromatic N) is 1. The molecule has 0 spiro atoms. The monoisotopic (exact) mass is 186 g/mol. The van der Waals surface area contributed by atoms with Gasteiger partial charge >= 0.3 is 0 Å². The molecule has 4 N–H and O–H groups in total. The number of hydrogen-bond acceptors (Lipinski definition) is 4. The van der Waals surface area contributed by atoms with Crippen LogP contribution in [0.2, 0.25) is 0 Å². The van der Waals surface area contributed by atoms with Crippen LogP contribution in [0.15, 0.2) is 0 Å². The molecule has 0 aromatic rings. The Morgan fingerprint density at radius 2 is 2.31 bits per heavy atom. The maximum atomic E-state index is 5.50. The summed E-state index contributed by atoms with van der Waals surface area (Å²) >= 11 is 0. The summed E-state index contributed by atoms with van der Waals surface area (Å²) < 4.78 is 0. The van der Waals surface area contributed by atoms with E-state index in [4.69, 9.17) is 5.73 Å². The van der Waals surface area contributed by atoms with E-state index in [1.807, 2.05) is 0 Å². The zero-order valence-electron chi connectivity index (χ0n) is 8.55. The summed E-state index contributed by atoms with van der Waals surface area (Å²) in [5.41, 5.74) is 5.50. The predicted octanol–water partition coefficient (Wildman–Crippen LogP) is -0.824. The molecular formula is C9H22N4. The van der Waals surface area contributed by atoms with Gasteiger partial charge in [-0.2, -0.15) is 0 Å². The van der Waals surface area contributed by atoms with E-state index in [-0.39, 0.29) is 0 Å². The maximum Gasteiger partial charge on any atom is 0.0726 e. The summed E-state index contributed by atoms with van der Waals surface area (Å²) in [6.07, 6.45) is 1.59. The van der Waals surface area contributed by atoms with Gasteiger partial charge in [0.1, 0.15) is 0 Å². The first kappa shape index (κ1) is 10.9. The molecule has 0 saturated carbocycles. The Balaban J connectivity index is 2.26. The molecular weight excluding hydrogens is 164 g/mol. The van der Waals surface area contributed by atoms with Crippen LogP contribution in [0.1, 0.15) is 13.3 Å². The molecule has 0 bridgehead atoms. The highest BCUT2D eigenvalue weighted by molar-refractivity contribution is 4.76. The molecule has 1 heterocycles. The minimum absolute atomic E-state index is 0.505. The van der Waals surface area contributed by atoms with Crippen molar-refractivity contribution in [2.75, 3.05) is 39.3 Å². The van der Waals surface area contributed by atoms with Crippen LogP contribution in [0.3, 0.4) is 0 Å². The molecule has 1 saturated heterocycles. The number of nitrogens with two attached hydrogens (primary N) is 1. The van der Waals surface area contributed by atoms with Crippen molar-refractivity contribution < 1.29 is 0 Å². The highest BCUT2D eigenvalue weighted by Gasteiger charge is 2.17. The van der Waals surface area contributed by atoms with E-state index < -0.39 is 0 Å². The minimum Gasteiger partial charge on any atom is -0.330 e. The van der Waals surface area contributed by atoms with Gasteiger partial charge in [-0.05, 0) is 19.5 Å². The maximum absolute atomic E-state index is 5.50. The van der Waals surface area contributed by atoms with Gasteiger partial charge in [0.2, 0.25) is 0 Å². The molecule has 4 heteroatoms. The van der Waals surface area contributed by atoms with E-state index in [0.717, 1.165) is 45.7 Å². The third kappa shape index (κ3) is 3.60. The Hall–Kier alpha value is -0.160. The molecule has 4 nitrogen and oxygen atoms in total. The lowest BCUT2D eigenvalue weighted by molar-refractivity contribution is 0.154. The van der Waals surface area contributed by atoms with Crippen LogP contribution >= 0.6 is 0 Å². The summed E-state index contributed by atoms with van der Waals surface area (Å²) in [4.78, 5) is 2.44. The van der Waals surface area contributed by atoms with E-state index in [1.54, 1.807) is 0 Å². The number of likely N-dealkylation sites (N-methyl/N-ethyl adjacent to an activating group) is 1.